The first-order chi connectivity index (χ1) is 13.3. The lowest BCUT2D eigenvalue weighted by Crippen LogP contribution is -2.37. The van der Waals surface area contributed by atoms with Crippen LogP contribution in [0.25, 0.3) is 0 Å². The first kappa shape index (κ1) is 21.7. The number of hydrogen-bond donors (Lipinski definition) is 2. The largest absolute Gasteiger partial charge is 0.493 e. The van der Waals surface area contributed by atoms with Crippen LogP contribution >= 0.6 is 11.8 Å². The fourth-order valence-electron chi connectivity index (χ4n) is 3.19. The summed E-state index contributed by atoms with van der Waals surface area (Å²) < 4.78 is 11.7. The summed E-state index contributed by atoms with van der Waals surface area (Å²) in [6.07, 6.45) is 9.64. The average Bonchev–Trinajstić information content (AvgIpc) is 3.19. The van der Waals surface area contributed by atoms with E-state index in [1.807, 2.05) is 17.8 Å². The van der Waals surface area contributed by atoms with E-state index in [0.717, 1.165) is 55.4 Å². The topological polar surface area (TPSA) is 54.9 Å². The van der Waals surface area contributed by atoms with Crippen LogP contribution in [-0.4, -0.2) is 44.3 Å². The lowest BCUT2D eigenvalue weighted by Gasteiger charge is -2.17. The molecule has 0 bridgehead atoms. The molecule has 1 aromatic carbocycles. The molecule has 152 valence electrons. The maximum absolute atomic E-state index is 6.19. The molecule has 6 heteroatoms. The predicted molar refractivity (Wildman–Crippen MR) is 116 cm³/mol. The third-order valence-electron chi connectivity index (χ3n) is 4.66. The van der Waals surface area contributed by atoms with Crippen molar-refractivity contribution in [1.82, 2.24) is 10.6 Å². The van der Waals surface area contributed by atoms with Crippen molar-refractivity contribution in [2.24, 2.45) is 4.99 Å². The van der Waals surface area contributed by atoms with Gasteiger partial charge >= 0.3 is 0 Å². The van der Waals surface area contributed by atoms with Crippen LogP contribution < -0.4 is 20.1 Å². The molecule has 0 spiro atoms. The van der Waals surface area contributed by atoms with Gasteiger partial charge in [0.15, 0.2) is 17.5 Å². The molecule has 1 fully saturated rings. The summed E-state index contributed by atoms with van der Waals surface area (Å²) in [5, 5.41) is 6.74. The molecular weight excluding hydrogens is 358 g/mol. The lowest BCUT2D eigenvalue weighted by molar-refractivity contribution is 0.200. The number of aliphatic imine (C=N–C) groups is 1. The van der Waals surface area contributed by atoms with Gasteiger partial charge in [-0.05, 0) is 75.2 Å². The molecule has 5 nitrogen and oxygen atoms in total. The average molecular weight is 394 g/mol. The van der Waals surface area contributed by atoms with E-state index < -0.39 is 0 Å². The summed E-state index contributed by atoms with van der Waals surface area (Å²) in [6, 6.07) is 6.12. The number of nitrogens with zero attached hydrogens (tertiary/aromatic N) is 1. The third-order valence-corrected chi connectivity index (χ3v) is 5.35. The van der Waals surface area contributed by atoms with Crippen LogP contribution in [0.3, 0.4) is 0 Å². The molecule has 0 radical (unpaired) electrons. The Kier molecular flexibility index (Phi) is 10.3. The van der Waals surface area contributed by atoms with Crippen LogP contribution in [-0.2, 0) is 6.54 Å². The van der Waals surface area contributed by atoms with E-state index in [-0.39, 0.29) is 0 Å². The monoisotopic (exact) mass is 393 g/mol. The molecule has 2 rings (SSSR count). The SMILES string of the molecule is CCNC(=NCc1ccc(OC)c(OC2CCCC2)c1)NCCCCSC. The number of benzene rings is 1. The minimum Gasteiger partial charge on any atom is -0.493 e. The molecule has 1 aliphatic rings. The van der Waals surface area contributed by atoms with Gasteiger partial charge in [0, 0.05) is 13.1 Å². The standard InChI is InChI=1S/C21H35N3O2S/c1-4-22-21(23-13-7-8-14-27-3)24-16-17-11-12-19(25-2)20(15-17)26-18-9-5-6-10-18/h11-12,15,18H,4-10,13-14,16H2,1-3H3,(H2,22,23,24). The Hall–Kier alpha value is -1.56. The molecule has 2 N–H and O–H groups in total. The molecule has 0 unspecified atom stereocenters. The summed E-state index contributed by atoms with van der Waals surface area (Å²) in [5.74, 6) is 3.72. The second-order valence-electron chi connectivity index (χ2n) is 6.83. The first-order valence-corrected chi connectivity index (χ1v) is 11.5. The van der Waals surface area contributed by atoms with Gasteiger partial charge in [-0.15, -0.1) is 0 Å². The van der Waals surface area contributed by atoms with E-state index in [4.69, 9.17) is 14.5 Å². The van der Waals surface area contributed by atoms with Gasteiger partial charge in [-0.2, -0.15) is 11.8 Å². The summed E-state index contributed by atoms with van der Waals surface area (Å²) in [4.78, 5) is 4.72. The van der Waals surface area contributed by atoms with Crippen LogP contribution in [0, 0.1) is 0 Å². The number of unbranched alkanes of at least 4 members (excludes halogenated alkanes) is 1. The Morgan fingerprint density at radius 1 is 1.19 bits per heavy atom. The number of guanidine groups is 1. The summed E-state index contributed by atoms with van der Waals surface area (Å²) >= 11 is 1.90. The molecular formula is C21H35N3O2S. The first-order valence-electron chi connectivity index (χ1n) is 10.1. The van der Waals surface area contributed by atoms with Gasteiger partial charge in [-0.25, -0.2) is 4.99 Å². The zero-order valence-corrected chi connectivity index (χ0v) is 17.9. The van der Waals surface area contributed by atoms with Gasteiger partial charge < -0.3 is 20.1 Å². The van der Waals surface area contributed by atoms with Crippen molar-refractivity contribution in [1.29, 1.82) is 0 Å². The molecule has 0 aromatic heterocycles. The molecule has 27 heavy (non-hydrogen) atoms. The molecule has 0 atom stereocenters. The van der Waals surface area contributed by atoms with Crippen molar-refractivity contribution in [3.8, 4) is 11.5 Å². The highest BCUT2D eigenvalue weighted by Gasteiger charge is 2.18. The molecule has 1 saturated carbocycles. The van der Waals surface area contributed by atoms with Gasteiger partial charge in [-0.1, -0.05) is 6.07 Å². The van der Waals surface area contributed by atoms with Crippen molar-refractivity contribution in [3.05, 3.63) is 23.8 Å². The van der Waals surface area contributed by atoms with Crippen molar-refractivity contribution in [2.45, 2.75) is 58.1 Å². The fraction of sp³-hybridized carbons (Fsp3) is 0.667. The van der Waals surface area contributed by atoms with E-state index in [0.29, 0.717) is 12.6 Å². The van der Waals surface area contributed by atoms with Crippen LogP contribution in [0.1, 0.15) is 51.0 Å². The molecule has 0 aliphatic heterocycles. The molecule has 0 amide bonds. The third kappa shape index (κ3) is 7.91. The molecule has 1 aromatic rings. The van der Waals surface area contributed by atoms with Crippen molar-refractivity contribution >= 4 is 17.7 Å². The number of thioether (sulfide) groups is 1. The van der Waals surface area contributed by atoms with Gasteiger partial charge in [-0.3, -0.25) is 0 Å². The van der Waals surface area contributed by atoms with Crippen molar-refractivity contribution in [2.75, 3.05) is 32.2 Å². The highest BCUT2D eigenvalue weighted by molar-refractivity contribution is 7.98. The number of methoxy groups -OCH3 is 1. The number of ether oxygens (including phenoxy) is 2. The highest BCUT2D eigenvalue weighted by Crippen LogP contribution is 2.32. The number of hydrogen-bond acceptors (Lipinski definition) is 4. The van der Waals surface area contributed by atoms with E-state index in [9.17, 15) is 0 Å². The summed E-state index contributed by atoms with van der Waals surface area (Å²) in [6.45, 7) is 4.51. The van der Waals surface area contributed by atoms with Crippen molar-refractivity contribution in [3.63, 3.8) is 0 Å². The Bertz CT molecular complexity index is 575. The fourth-order valence-corrected chi connectivity index (χ4v) is 3.68. The predicted octanol–water partition coefficient (Wildman–Crippen LogP) is 4.21. The smallest absolute Gasteiger partial charge is 0.191 e. The molecule has 1 aliphatic carbocycles. The van der Waals surface area contributed by atoms with E-state index in [1.165, 1.54) is 25.0 Å². The second kappa shape index (κ2) is 12.8. The zero-order valence-electron chi connectivity index (χ0n) is 17.1. The number of nitrogens with one attached hydrogen (secondary N) is 2. The van der Waals surface area contributed by atoms with E-state index >= 15 is 0 Å². The Labute approximate surface area is 168 Å². The minimum atomic E-state index is 0.318. The van der Waals surface area contributed by atoms with Crippen LogP contribution in [0.2, 0.25) is 0 Å². The maximum atomic E-state index is 6.19. The van der Waals surface area contributed by atoms with Gasteiger partial charge in [0.05, 0.1) is 19.8 Å². The minimum absolute atomic E-state index is 0.318. The highest BCUT2D eigenvalue weighted by atomic mass is 32.2. The van der Waals surface area contributed by atoms with Crippen LogP contribution in [0.5, 0.6) is 11.5 Å². The van der Waals surface area contributed by atoms with E-state index in [2.05, 4.69) is 35.9 Å². The Morgan fingerprint density at radius 3 is 2.70 bits per heavy atom. The van der Waals surface area contributed by atoms with Crippen LogP contribution in [0.4, 0.5) is 0 Å². The van der Waals surface area contributed by atoms with Crippen LogP contribution in [0.15, 0.2) is 23.2 Å². The Morgan fingerprint density at radius 2 is 2.00 bits per heavy atom. The van der Waals surface area contributed by atoms with Gasteiger partial charge in [0.2, 0.25) is 0 Å². The lowest BCUT2D eigenvalue weighted by atomic mass is 10.2. The number of rotatable bonds is 11. The van der Waals surface area contributed by atoms with Gasteiger partial charge in [0.1, 0.15) is 0 Å². The quantitative estimate of drug-likeness (QED) is 0.335. The molecule has 0 heterocycles. The zero-order chi connectivity index (χ0) is 19.3. The Balaban J connectivity index is 1.95. The summed E-state index contributed by atoms with van der Waals surface area (Å²) in [5.41, 5.74) is 1.13. The normalized spacial score (nSPS) is 15.0. The maximum Gasteiger partial charge on any atom is 0.191 e. The molecule has 0 saturated heterocycles. The van der Waals surface area contributed by atoms with E-state index in [1.54, 1.807) is 7.11 Å². The second-order valence-corrected chi connectivity index (χ2v) is 7.82. The van der Waals surface area contributed by atoms with Gasteiger partial charge in [0.25, 0.3) is 0 Å². The van der Waals surface area contributed by atoms with Crippen molar-refractivity contribution < 1.29 is 9.47 Å². The summed E-state index contributed by atoms with van der Waals surface area (Å²) in [7, 11) is 1.69.